The predicted molar refractivity (Wildman–Crippen MR) is 118 cm³/mol. The zero-order valence-corrected chi connectivity index (χ0v) is 18.2. The van der Waals surface area contributed by atoms with Gasteiger partial charge in [0.05, 0.1) is 25.5 Å². The van der Waals surface area contributed by atoms with Crippen LogP contribution in [-0.4, -0.2) is 52.2 Å². The largest absolute Gasteiger partial charge is 0.490 e. The molecule has 0 aliphatic carbocycles. The molecule has 0 saturated heterocycles. The van der Waals surface area contributed by atoms with E-state index in [4.69, 9.17) is 9.47 Å². The SMILES string of the molecule is CCS(=O)(=O)CCN=C(NCCc1cccs1)Nc1ccc2c(c1)OCCCO2. The van der Waals surface area contributed by atoms with Gasteiger partial charge in [-0.05, 0) is 30.0 Å². The first-order valence-corrected chi connectivity index (χ1v) is 12.4. The number of hydrogen-bond donors (Lipinski definition) is 2. The zero-order chi connectivity index (χ0) is 20.5. The molecule has 0 bridgehead atoms. The van der Waals surface area contributed by atoms with E-state index in [1.807, 2.05) is 24.3 Å². The minimum Gasteiger partial charge on any atom is -0.490 e. The van der Waals surface area contributed by atoms with Gasteiger partial charge in [0.1, 0.15) is 0 Å². The lowest BCUT2D eigenvalue weighted by atomic mass is 10.2. The van der Waals surface area contributed by atoms with Gasteiger partial charge in [-0.1, -0.05) is 13.0 Å². The van der Waals surface area contributed by atoms with Crippen LogP contribution in [0.4, 0.5) is 5.69 Å². The van der Waals surface area contributed by atoms with Gasteiger partial charge in [0.15, 0.2) is 27.3 Å². The molecule has 3 rings (SSSR count). The lowest BCUT2D eigenvalue weighted by Gasteiger charge is -2.14. The Morgan fingerprint density at radius 2 is 2.03 bits per heavy atom. The van der Waals surface area contributed by atoms with E-state index in [-0.39, 0.29) is 18.1 Å². The molecule has 0 saturated carbocycles. The molecule has 1 aliphatic heterocycles. The van der Waals surface area contributed by atoms with Gasteiger partial charge in [-0.2, -0.15) is 0 Å². The molecular formula is C20H27N3O4S2. The maximum atomic E-state index is 11.8. The molecule has 0 radical (unpaired) electrons. The molecule has 7 nitrogen and oxygen atoms in total. The summed E-state index contributed by atoms with van der Waals surface area (Å²) in [5, 5.41) is 8.58. The first kappa shape index (κ1) is 21.4. The number of anilines is 1. The molecule has 9 heteroatoms. The standard InChI is InChI=1S/C20H27N3O4S2/c1-2-29(24,25)14-10-22-20(21-9-8-17-5-3-13-28-17)23-16-6-7-18-19(15-16)27-12-4-11-26-18/h3,5-7,13,15H,2,4,8-12,14H2,1H3,(H2,21,22,23). The van der Waals surface area contributed by atoms with Crippen molar-refractivity contribution in [1.82, 2.24) is 5.32 Å². The van der Waals surface area contributed by atoms with Crippen LogP contribution in [0.2, 0.25) is 0 Å². The van der Waals surface area contributed by atoms with Crippen LogP contribution in [0.1, 0.15) is 18.2 Å². The van der Waals surface area contributed by atoms with Crippen LogP contribution >= 0.6 is 11.3 Å². The minimum absolute atomic E-state index is 0.0302. The van der Waals surface area contributed by atoms with Crippen LogP contribution in [0.5, 0.6) is 11.5 Å². The molecule has 2 aromatic rings. The molecule has 158 valence electrons. The molecule has 1 aliphatic rings. The summed E-state index contributed by atoms with van der Waals surface area (Å²) >= 11 is 1.71. The molecule has 0 unspecified atom stereocenters. The van der Waals surface area contributed by atoms with Gasteiger partial charge < -0.3 is 20.1 Å². The molecule has 0 spiro atoms. The Bertz CT molecular complexity index is 912. The summed E-state index contributed by atoms with van der Waals surface area (Å²) in [6.45, 7) is 3.80. The Balaban J connectivity index is 1.66. The summed E-state index contributed by atoms with van der Waals surface area (Å²) < 4.78 is 34.9. The van der Waals surface area contributed by atoms with E-state index in [0.29, 0.717) is 31.5 Å². The number of thiophene rings is 1. The fraction of sp³-hybridized carbons (Fsp3) is 0.450. The van der Waals surface area contributed by atoms with E-state index < -0.39 is 9.84 Å². The third-order valence-corrected chi connectivity index (χ3v) is 6.99. The van der Waals surface area contributed by atoms with Gasteiger partial charge in [0.25, 0.3) is 0 Å². The van der Waals surface area contributed by atoms with Crippen LogP contribution in [0.15, 0.2) is 40.7 Å². The lowest BCUT2D eigenvalue weighted by molar-refractivity contribution is 0.297. The Kier molecular flexibility index (Phi) is 7.76. The van der Waals surface area contributed by atoms with Crippen molar-refractivity contribution in [2.75, 3.05) is 43.1 Å². The van der Waals surface area contributed by atoms with Crippen LogP contribution < -0.4 is 20.1 Å². The topological polar surface area (TPSA) is 89.0 Å². The second-order valence-electron chi connectivity index (χ2n) is 6.56. The second-order valence-corrected chi connectivity index (χ2v) is 10.1. The van der Waals surface area contributed by atoms with Crippen molar-refractivity contribution >= 4 is 32.8 Å². The fourth-order valence-corrected chi connectivity index (χ4v) is 4.08. The van der Waals surface area contributed by atoms with E-state index in [2.05, 4.69) is 27.1 Å². The number of aliphatic imine (C=N–C) groups is 1. The number of hydrogen-bond acceptors (Lipinski definition) is 6. The second kappa shape index (κ2) is 10.5. The van der Waals surface area contributed by atoms with Crippen molar-refractivity contribution in [1.29, 1.82) is 0 Å². The van der Waals surface area contributed by atoms with Crippen molar-refractivity contribution in [3.05, 3.63) is 40.6 Å². The molecule has 2 N–H and O–H groups in total. The average Bonchev–Trinajstić information content (AvgIpc) is 3.11. The van der Waals surface area contributed by atoms with Gasteiger partial charge >= 0.3 is 0 Å². The van der Waals surface area contributed by atoms with Crippen molar-refractivity contribution in [2.45, 2.75) is 19.8 Å². The molecule has 0 amide bonds. The maximum Gasteiger partial charge on any atom is 0.195 e. The zero-order valence-electron chi connectivity index (χ0n) is 16.5. The number of fused-ring (bicyclic) bond motifs is 1. The first-order valence-electron chi connectivity index (χ1n) is 9.73. The number of benzene rings is 1. The number of nitrogens with one attached hydrogen (secondary N) is 2. The highest BCUT2D eigenvalue weighted by molar-refractivity contribution is 7.91. The Labute approximate surface area is 176 Å². The van der Waals surface area contributed by atoms with Crippen molar-refractivity contribution in [3.63, 3.8) is 0 Å². The van der Waals surface area contributed by atoms with Gasteiger partial charge in [0.2, 0.25) is 0 Å². The van der Waals surface area contributed by atoms with Gasteiger partial charge in [-0.3, -0.25) is 4.99 Å². The number of ether oxygens (including phenoxy) is 2. The first-order chi connectivity index (χ1) is 14.1. The van der Waals surface area contributed by atoms with E-state index in [0.717, 1.165) is 24.3 Å². The quantitative estimate of drug-likeness (QED) is 0.488. The van der Waals surface area contributed by atoms with Crippen LogP contribution in [0.25, 0.3) is 0 Å². The molecule has 2 heterocycles. The Morgan fingerprint density at radius 1 is 1.21 bits per heavy atom. The summed E-state index contributed by atoms with van der Waals surface area (Å²) in [4.78, 5) is 5.73. The summed E-state index contributed by atoms with van der Waals surface area (Å²) in [6.07, 6.45) is 1.72. The summed E-state index contributed by atoms with van der Waals surface area (Å²) in [5.41, 5.74) is 0.801. The van der Waals surface area contributed by atoms with Gasteiger partial charge in [-0.15, -0.1) is 11.3 Å². The Morgan fingerprint density at radius 3 is 2.79 bits per heavy atom. The fourth-order valence-electron chi connectivity index (χ4n) is 2.72. The number of nitrogens with zero attached hydrogens (tertiary/aromatic N) is 1. The lowest BCUT2D eigenvalue weighted by Crippen LogP contribution is -2.33. The molecule has 29 heavy (non-hydrogen) atoms. The highest BCUT2D eigenvalue weighted by atomic mass is 32.2. The summed E-state index contributed by atoms with van der Waals surface area (Å²) in [5.74, 6) is 2.12. The van der Waals surface area contributed by atoms with E-state index in [9.17, 15) is 8.42 Å². The van der Waals surface area contributed by atoms with Crippen molar-refractivity contribution in [2.24, 2.45) is 4.99 Å². The molecular weight excluding hydrogens is 410 g/mol. The van der Waals surface area contributed by atoms with Crippen molar-refractivity contribution < 1.29 is 17.9 Å². The molecule has 1 aromatic carbocycles. The summed E-state index contributed by atoms with van der Waals surface area (Å²) in [6, 6.07) is 9.76. The minimum atomic E-state index is -3.06. The van der Waals surface area contributed by atoms with Crippen molar-refractivity contribution in [3.8, 4) is 11.5 Å². The highest BCUT2D eigenvalue weighted by Crippen LogP contribution is 2.32. The third-order valence-electron chi connectivity index (χ3n) is 4.37. The average molecular weight is 438 g/mol. The maximum absolute atomic E-state index is 11.8. The van der Waals surface area contributed by atoms with Gasteiger partial charge in [-0.25, -0.2) is 8.42 Å². The van der Waals surface area contributed by atoms with E-state index >= 15 is 0 Å². The van der Waals surface area contributed by atoms with E-state index in [1.165, 1.54) is 4.88 Å². The highest BCUT2D eigenvalue weighted by Gasteiger charge is 2.12. The number of guanidine groups is 1. The predicted octanol–water partition coefficient (Wildman–Crippen LogP) is 2.94. The molecule has 0 atom stereocenters. The van der Waals surface area contributed by atoms with Crippen LogP contribution in [0, 0.1) is 0 Å². The number of rotatable bonds is 8. The van der Waals surface area contributed by atoms with Gasteiger partial charge in [0, 0.05) is 35.3 Å². The van der Waals surface area contributed by atoms with Crippen LogP contribution in [0.3, 0.4) is 0 Å². The summed E-state index contributed by atoms with van der Waals surface area (Å²) in [7, 11) is -3.06. The number of sulfone groups is 1. The monoisotopic (exact) mass is 437 g/mol. The normalized spacial score (nSPS) is 14.3. The molecule has 1 aromatic heterocycles. The Hall–Kier alpha value is -2.26. The smallest absolute Gasteiger partial charge is 0.195 e. The third kappa shape index (κ3) is 6.93. The van der Waals surface area contributed by atoms with Crippen LogP contribution in [-0.2, 0) is 16.3 Å². The molecule has 0 fully saturated rings. The van der Waals surface area contributed by atoms with E-state index in [1.54, 1.807) is 18.3 Å².